The molecule has 1 saturated heterocycles. The molecule has 122 valence electrons. The number of imide groups is 1. The highest BCUT2D eigenvalue weighted by atomic mass is 32.2. The summed E-state index contributed by atoms with van der Waals surface area (Å²) in [5.74, 6) is -0.466. The van der Waals surface area contributed by atoms with Crippen LogP contribution >= 0.6 is 11.8 Å². The van der Waals surface area contributed by atoms with Gasteiger partial charge in [-0.05, 0) is 46.2 Å². The van der Waals surface area contributed by atoms with Crippen LogP contribution in [0, 0.1) is 0 Å². The Morgan fingerprint density at radius 2 is 1.92 bits per heavy atom. The fraction of sp³-hybridized carbons (Fsp3) is 0.0588. The van der Waals surface area contributed by atoms with Crippen molar-refractivity contribution in [3.63, 3.8) is 0 Å². The highest BCUT2D eigenvalue weighted by Crippen LogP contribution is 2.29. The topological polar surface area (TPSA) is 86.3 Å². The fourth-order valence-electron chi connectivity index (χ4n) is 2.42. The summed E-state index contributed by atoms with van der Waals surface area (Å²) in [4.78, 5) is 23.2. The van der Waals surface area contributed by atoms with E-state index in [2.05, 4.69) is 5.32 Å². The summed E-state index contributed by atoms with van der Waals surface area (Å²) in [6.07, 6.45) is 1.64. The van der Waals surface area contributed by atoms with Crippen molar-refractivity contribution < 1.29 is 18.4 Å². The summed E-state index contributed by atoms with van der Waals surface area (Å²) in [6.45, 7) is 0. The van der Waals surface area contributed by atoms with Crippen molar-refractivity contribution in [2.24, 2.45) is 0 Å². The van der Waals surface area contributed by atoms with Gasteiger partial charge in [-0.2, -0.15) is 0 Å². The van der Waals surface area contributed by atoms with E-state index in [0.29, 0.717) is 10.5 Å². The minimum absolute atomic E-state index is 0.0613. The van der Waals surface area contributed by atoms with Gasteiger partial charge in [0.15, 0.2) is 0 Å². The summed E-state index contributed by atoms with van der Waals surface area (Å²) < 4.78 is 22.1. The average Bonchev–Trinajstić information content (AvgIpc) is 2.85. The Balaban J connectivity index is 1.97. The molecule has 0 saturated carbocycles. The standard InChI is InChI=1S/C17H13NO4S2/c19-16-15(23-17(20)18-16)9-11-4-3-6-12(8-11)14-7-2-1-5-13(14)10-24(21)22/h1-9H,10H2,(H,21,22)(H,18,19,20)/p-1/b15-9-. The third kappa shape index (κ3) is 3.81. The van der Waals surface area contributed by atoms with Crippen molar-refractivity contribution in [1.29, 1.82) is 0 Å². The molecule has 1 N–H and O–H groups in total. The van der Waals surface area contributed by atoms with Gasteiger partial charge in [-0.15, -0.1) is 0 Å². The molecule has 1 atom stereocenters. The largest absolute Gasteiger partial charge is 0.772 e. The van der Waals surface area contributed by atoms with Gasteiger partial charge in [0.05, 0.1) is 4.91 Å². The van der Waals surface area contributed by atoms with Crippen molar-refractivity contribution in [1.82, 2.24) is 5.32 Å². The number of benzene rings is 2. The summed E-state index contributed by atoms with van der Waals surface area (Å²) in [6, 6.07) is 14.6. The zero-order valence-electron chi connectivity index (χ0n) is 12.4. The maximum atomic E-state index is 11.6. The molecule has 24 heavy (non-hydrogen) atoms. The minimum Gasteiger partial charge on any atom is -0.772 e. The van der Waals surface area contributed by atoms with Gasteiger partial charge in [-0.1, -0.05) is 53.5 Å². The Bertz CT molecular complexity index is 876. The summed E-state index contributed by atoms with van der Waals surface area (Å²) in [5, 5.41) is 1.83. The van der Waals surface area contributed by atoms with E-state index >= 15 is 0 Å². The zero-order valence-corrected chi connectivity index (χ0v) is 14.0. The zero-order chi connectivity index (χ0) is 17.1. The molecule has 0 aromatic heterocycles. The number of hydrogen-bond acceptors (Lipinski definition) is 5. The highest BCUT2D eigenvalue weighted by molar-refractivity contribution is 8.18. The Kier molecular flexibility index (Phi) is 4.94. The molecule has 0 bridgehead atoms. The van der Waals surface area contributed by atoms with Crippen molar-refractivity contribution in [2.75, 3.05) is 0 Å². The normalized spacial score (nSPS) is 17.1. The predicted molar refractivity (Wildman–Crippen MR) is 93.6 cm³/mol. The molecular weight excluding hydrogens is 346 g/mol. The number of nitrogens with one attached hydrogen (secondary N) is 1. The number of carbonyl (C=O) groups excluding carboxylic acids is 2. The van der Waals surface area contributed by atoms with Crippen LogP contribution in [-0.4, -0.2) is 19.9 Å². The van der Waals surface area contributed by atoms with Gasteiger partial charge < -0.3 is 4.55 Å². The van der Waals surface area contributed by atoms with Crippen LogP contribution in [0.1, 0.15) is 11.1 Å². The monoisotopic (exact) mass is 358 g/mol. The van der Waals surface area contributed by atoms with Gasteiger partial charge in [0.1, 0.15) is 0 Å². The third-order valence-corrected chi connectivity index (χ3v) is 4.79. The van der Waals surface area contributed by atoms with E-state index in [1.165, 1.54) is 0 Å². The molecule has 2 amide bonds. The second-order valence-electron chi connectivity index (χ2n) is 5.08. The van der Waals surface area contributed by atoms with E-state index < -0.39 is 17.0 Å². The van der Waals surface area contributed by atoms with Crippen LogP contribution in [0.4, 0.5) is 4.79 Å². The first kappa shape index (κ1) is 16.6. The number of thioether (sulfide) groups is 1. The molecule has 5 nitrogen and oxygen atoms in total. The molecular formula is C17H12NO4S2-. The first-order valence-electron chi connectivity index (χ1n) is 7.02. The predicted octanol–water partition coefficient (Wildman–Crippen LogP) is 3.06. The molecule has 2 aromatic carbocycles. The Hall–Kier alpha value is -2.22. The van der Waals surface area contributed by atoms with E-state index in [0.717, 1.165) is 28.5 Å². The SMILES string of the molecule is O=C1NC(=O)/C(=C/c2cccc(-c3ccccc3CS(=O)[O-])c2)S1. The molecule has 2 aromatic rings. The van der Waals surface area contributed by atoms with Crippen LogP contribution in [-0.2, 0) is 21.6 Å². The number of carbonyl (C=O) groups is 2. The second kappa shape index (κ2) is 7.12. The number of amides is 2. The quantitative estimate of drug-likeness (QED) is 0.670. The molecule has 1 fully saturated rings. The second-order valence-corrected chi connectivity index (χ2v) is 6.99. The Labute approximate surface area is 145 Å². The first-order valence-corrected chi connectivity index (χ1v) is 9.08. The van der Waals surface area contributed by atoms with E-state index in [1.807, 2.05) is 36.4 Å². The Morgan fingerprint density at radius 1 is 1.12 bits per heavy atom. The lowest BCUT2D eigenvalue weighted by atomic mass is 9.99. The molecule has 7 heteroatoms. The highest BCUT2D eigenvalue weighted by Gasteiger charge is 2.24. The Morgan fingerprint density at radius 3 is 2.62 bits per heavy atom. The maximum Gasteiger partial charge on any atom is 0.290 e. The van der Waals surface area contributed by atoms with Gasteiger partial charge in [0.25, 0.3) is 11.1 Å². The molecule has 3 rings (SSSR count). The minimum atomic E-state index is -2.17. The van der Waals surface area contributed by atoms with E-state index in [9.17, 15) is 18.4 Å². The molecule has 0 aliphatic carbocycles. The molecule has 1 aliphatic heterocycles. The molecule has 1 unspecified atom stereocenters. The molecule has 1 heterocycles. The molecule has 0 spiro atoms. The lowest BCUT2D eigenvalue weighted by Gasteiger charge is -2.12. The van der Waals surface area contributed by atoms with Gasteiger partial charge in [-0.3, -0.25) is 19.1 Å². The van der Waals surface area contributed by atoms with E-state index in [1.54, 1.807) is 18.2 Å². The molecule has 0 radical (unpaired) electrons. The van der Waals surface area contributed by atoms with Crippen LogP contribution in [0.25, 0.3) is 17.2 Å². The van der Waals surface area contributed by atoms with Crippen LogP contribution < -0.4 is 5.32 Å². The first-order chi connectivity index (χ1) is 11.5. The number of rotatable bonds is 4. The van der Waals surface area contributed by atoms with Gasteiger partial charge in [0, 0.05) is 5.75 Å². The molecule has 1 aliphatic rings. The smallest absolute Gasteiger partial charge is 0.290 e. The van der Waals surface area contributed by atoms with Gasteiger partial charge >= 0.3 is 0 Å². The maximum absolute atomic E-state index is 11.6. The van der Waals surface area contributed by atoms with Crippen LogP contribution in [0.15, 0.2) is 53.4 Å². The van der Waals surface area contributed by atoms with E-state index in [4.69, 9.17) is 0 Å². The summed E-state index contributed by atoms with van der Waals surface area (Å²) in [7, 11) is 0. The summed E-state index contributed by atoms with van der Waals surface area (Å²) in [5.41, 5.74) is 3.14. The van der Waals surface area contributed by atoms with Crippen molar-refractivity contribution in [2.45, 2.75) is 5.75 Å². The van der Waals surface area contributed by atoms with Crippen LogP contribution in [0.3, 0.4) is 0 Å². The average molecular weight is 358 g/mol. The van der Waals surface area contributed by atoms with Crippen LogP contribution in [0.5, 0.6) is 0 Å². The lowest BCUT2D eigenvalue weighted by molar-refractivity contribution is -0.115. The van der Waals surface area contributed by atoms with Crippen molar-refractivity contribution in [3.05, 3.63) is 64.6 Å². The van der Waals surface area contributed by atoms with Gasteiger partial charge in [0.2, 0.25) is 0 Å². The van der Waals surface area contributed by atoms with Crippen molar-refractivity contribution >= 4 is 40.1 Å². The lowest BCUT2D eigenvalue weighted by Crippen LogP contribution is -2.17. The summed E-state index contributed by atoms with van der Waals surface area (Å²) >= 11 is -1.31. The van der Waals surface area contributed by atoms with E-state index in [-0.39, 0.29) is 11.0 Å². The van der Waals surface area contributed by atoms with Crippen molar-refractivity contribution in [3.8, 4) is 11.1 Å². The van der Waals surface area contributed by atoms with Crippen LogP contribution in [0.2, 0.25) is 0 Å². The fourth-order valence-corrected chi connectivity index (χ4v) is 3.61. The number of hydrogen-bond donors (Lipinski definition) is 1. The van der Waals surface area contributed by atoms with Gasteiger partial charge in [-0.25, -0.2) is 0 Å². The third-order valence-electron chi connectivity index (χ3n) is 3.43.